The maximum atomic E-state index is 12.7. The first-order valence-electron chi connectivity index (χ1n) is 8.51. The first-order chi connectivity index (χ1) is 10.3. The van der Waals surface area contributed by atoms with E-state index in [1.54, 1.807) is 7.11 Å². The van der Waals surface area contributed by atoms with Gasteiger partial charge in [0, 0.05) is 32.2 Å². The number of aliphatic hydroxyl groups excluding tert-OH is 1. The van der Waals surface area contributed by atoms with Gasteiger partial charge in [-0.05, 0) is 37.0 Å². The molecule has 3 fully saturated rings. The summed E-state index contributed by atoms with van der Waals surface area (Å²) >= 11 is 0. The molecule has 2 N–H and O–H groups in total. The molecule has 2 amide bonds. The van der Waals surface area contributed by atoms with Crippen LogP contribution in [0.5, 0.6) is 0 Å². The molecular formula is C17H32N2O3. The van der Waals surface area contributed by atoms with Crippen molar-refractivity contribution in [3.05, 3.63) is 0 Å². The summed E-state index contributed by atoms with van der Waals surface area (Å²) in [7, 11) is 1.67. The third kappa shape index (κ3) is 4.35. The lowest BCUT2D eigenvalue weighted by Gasteiger charge is -2.49. The number of urea groups is 1. The molecule has 22 heavy (non-hydrogen) atoms. The third-order valence-corrected chi connectivity index (χ3v) is 4.96. The molecule has 2 aliphatic heterocycles. The van der Waals surface area contributed by atoms with Crippen LogP contribution in [0.3, 0.4) is 0 Å². The van der Waals surface area contributed by atoms with E-state index in [1.165, 1.54) is 6.42 Å². The Morgan fingerprint density at radius 2 is 2.14 bits per heavy atom. The third-order valence-electron chi connectivity index (χ3n) is 4.96. The van der Waals surface area contributed by atoms with E-state index in [0.29, 0.717) is 12.5 Å². The average Bonchev–Trinajstić information content (AvgIpc) is 2.46. The highest BCUT2D eigenvalue weighted by Gasteiger charge is 2.42. The maximum absolute atomic E-state index is 12.7. The standard InChI is InChI=1S/C17H32N2O3/c1-17(2,3)8-14(11-22-4)18-16(21)19-9-12-5-6-15(19)13(7-12)10-20/h12-15,20H,5-11H2,1-4H3,(H,18,21). The predicted molar refractivity (Wildman–Crippen MR) is 86.7 cm³/mol. The largest absolute Gasteiger partial charge is 0.396 e. The van der Waals surface area contributed by atoms with Gasteiger partial charge < -0.3 is 20.1 Å². The van der Waals surface area contributed by atoms with Crippen LogP contribution in [-0.4, -0.2) is 55.0 Å². The zero-order valence-corrected chi connectivity index (χ0v) is 14.5. The van der Waals surface area contributed by atoms with E-state index in [2.05, 4.69) is 26.1 Å². The molecule has 0 aromatic carbocycles. The molecule has 128 valence electrons. The Morgan fingerprint density at radius 3 is 2.68 bits per heavy atom. The summed E-state index contributed by atoms with van der Waals surface area (Å²) in [5.41, 5.74) is 0.144. The lowest BCUT2D eigenvalue weighted by Crippen LogP contribution is -2.60. The van der Waals surface area contributed by atoms with E-state index in [9.17, 15) is 9.90 Å². The maximum Gasteiger partial charge on any atom is 0.317 e. The zero-order valence-electron chi connectivity index (χ0n) is 14.5. The SMILES string of the molecule is COCC(CC(C)(C)C)NC(=O)N1CC2CCC1C(CO)C2. The number of hydrogen-bond donors (Lipinski definition) is 2. The number of carbonyl (C=O) groups is 1. The van der Waals surface area contributed by atoms with Crippen LogP contribution in [0, 0.1) is 17.3 Å². The average molecular weight is 312 g/mol. The fraction of sp³-hybridized carbons (Fsp3) is 0.941. The number of fused-ring (bicyclic) bond motifs is 3. The molecule has 0 radical (unpaired) electrons. The quantitative estimate of drug-likeness (QED) is 0.818. The van der Waals surface area contributed by atoms with Gasteiger partial charge in [0.1, 0.15) is 0 Å². The van der Waals surface area contributed by atoms with E-state index in [0.717, 1.165) is 25.8 Å². The van der Waals surface area contributed by atoms with Crippen LogP contribution in [0.2, 0.25) is 0 Å². The minimum Gasteiger partial charge on any atom is -0.396 e. The van der Waals surface area contributed by atoms with Gasteiger partial charge >= 0.3 is 6.03 Å². The molecule has 3 aliphatic rings. The number of rotatable bonds is 5. The Kier molecular flexibility index (Phi) is 5.72. The van der Waals surface area contributed by atoms with Gasteiger partial charge in [0.15, 0.2) is 0 Å². The summed E-state index contributed by atoms with van der Waals surface area (Å²) in [4.78, 5) is 14.7. The molecule has 0 aromatic rings. The van der Waals surface area contributed by atoms with Crippen molar-refractivity contribution in [1.82, 2.24) is 10.2 Å². The zero-order chi connectivity index (χ0) is 16.3. The van der Waals surface area contributed by atoms with E-state index in [4.69, 9.17) is 4.74 Å². The number of carbonyl (C=O) groups excluding carboxylic acids is 1. The molecule has 2 bridgehead atoms. The highest BCUT2D eigenvalue weighted by atomic mass is 16.5. The lowest BCUT2D eigenvalue weighted by molar-refractivity contribution is 0.00206. The van der Waals surface area contributed by atoms with E-state index in [1.807, 2.05) is 4.90 Å². The molecule has 2 heterocycles. The summed E-state index contributed by atoms with van der Waals surface area (Å²) in [5.74, 6) is 0.804. The van der Waals surface area contributed by atoms with Crippen LogP contribution < -0.4 is 5.32 Å². The van der Waals surface area contributed by atoms with Gasteiger partial charge in [-0.2, -0.15) is 0 Å². The molecule has 4 atom stereocenters. The first kappa shape index (κ1) is 17.5. The smallest absolute Gasteiger partial charge is 0.317 e. The number of methoxy groups -OCH3 is 1. The minimum absolute atomic E-state index is 0.0131. The van der Waals surface area contributed by atoms with Gasteiger partial charge in [0.05, 0.1) is 12.6 Å². The molecule has 0 aromatic heterocycles. The second kappa shape index (κ2) is 7.18. The second-order valence-electron chi connectivity index (χ2n) is 8.21. The Morgan fingerprint density at radius 1 is 1.41 bits per heavy atom. The summed E-state index contributed by atoms with van der Waals surface area (Å²) in [6.45, 7) is 8.08. The summed E-state index contributed by atoms with van der Waals surface area (Å²) < 4.78 is 5.27. The van der Waals surface area contributed by atoms with Crippen molar-refractivity contribution in [2.45, 2.75) is 58.5 Å². The Bertz CT molecular complexity index is 381. The molecule has 1 aliphatic carbocycles. The molecule has 1 saturated carbocycles. The fourth-order valence-electron chi connectivity index (χ4n) is 4.11. The summed E-state index contributed by atoms with van der Waals surface area (Å²) in [5, 5.41) is 12.7. The number of ether oxygens (including phenoxy) is 1. The van der Waals surface area contributed by atoms with E-state index >= 15 is 0 Å². The predicted octanol–water partition coefficient (Wildman–Crippen LogP) is 2.24. The van der Waals surface area contributed by atoms with Crippen LogP contribution in [0.15, 0.2) is 0 Å². The van der Waals surface area contributed by atoms with Crippen LogP contribution in [0.1, 0.15) is 46.5 Å². The Hall–Kier alpha value is -0.810. The van der Waals surface area contributed by atoms with Crippen molar-refractivity contribution in [3.63, 3.8) is 0 Å². The molecule has 5 nitrogen and oxygen atoms in total. The Labute approximate surface area is 134 Å². The first-order valence-corrected chi connectivity index (χ1v) is 8.51. The fourth-order valence-corrected chi connectivity index (χ4v) is 4.11. The normalized spacial score (nSPS) is 29.5. The van der Waals surface area contributed by atoms with Gasteiger partial charge in [-0.25, -0.2) is 4.79 Å². The van der Waals surface area contributed by atoms with Crippen LogP contribution in [0.25, 0.3) is 0 Å². The summed E-state index contributed by atoms with van der Waals surface area (Å²) in [6.07, 6.45) is 4.17. The number of nitrogens with zero attached hydrogens (tertiary/aromatic N) is 1. The van der Waals surface area contributed by atoms with Crippen molar-refractivity contribution in [2.75, 3.05) is 26.9 Å². The number of aliphatic hydroxyl groups is 1. The van der Waals surface area contributed by atoms with Crippen molar-refractivity contribution in [1.29, 1.82) is 0 Å². The van der Waals surface area contributed by atoms with Crippen molar-refractivity contribution in [3.8, 4) is 0 Å². The van der Waals surface area contributed by atoms with E-state index < -0.39 is 0 Å². The van der Waals surface area contributed by atoms with Gasteiger partial charge in [0.25, 0.3) is 0 Å². The van der Waals surface area contributed by atoms with Gasteiger partial charge in [-0.3, -0.25) is 0 Å². The van der Waals surface area contributed by atoms with Crippen molar-refractivity contribution in [2.24, 2.45) is 17.3 Å². The van der Waals surface area contributed by atoms with Crippen molar-refractivity contribution < 1.29 is 14.6 Å². The van der Waals surface area contributed by atoms with Gasteiger partial charge in [-0.1, -0.05) is 20.8 Å². The number of amides is 2. The molecular weight excluding hydrogens is 280 g/mol. The highest BCUT2D eigenvalue weighted by molar-refractivity contribution is 5.75. The molecule has 3 rings (SSSR count). The van der Waals surface area contributed by atoms with Crippen LogP contribution >= 0.6 is 0 Å². The topological polar surface area (TPSA) is 61.8 Å². The van der Waals surface area contributed by atoms with Crippen LogP contribution in [0.4, 0.5) is 4.79 Å². The minimum atomic E-state index is 0.0131. The number of nitrogens with one attached hydrogen (secondary N) is 1. The molecule has 0 spiro atoms. The van der Waals surface area contributed by atoms with Gasteiger partial charge in [-0.15, -0.1) is 0 Å². The van der Waals surface area contributed by atoms with E-state index in [-0.39, 0.29) is 36.1 Å². The van der Waals surface area contributed by atoms with Gasteiger partial charge in [0.2, 0.25) is 0 Å². The second-order valence-corrected chi connectivity index (χ2v) is 8.21. The monoisotopic (exact) mass is 312 g/mol. The van der Waals surface area contributed by atoms with Crippen LogP contribution in [-0.2, 0) is 4.74 Å². The molecule has 2 saturated heterocycles. The number of hydrogen-bond acceptors (Lipinski definition) is 3. The molecule has 5 heteroatoms. The lowest BCUT2D eigenvalue weighted by atomic mass is 9.73. The molecule has 4 unspecified atom stereocenters. The highest BCUT2D eigenvalue weighted by Crippen LogP contribution is 2.38. The Balaban J connectivity index is 1.97. The number of piperidine rings is 2. The summed E-state index contributed by atoms with van der Waals surface area (Å²) in [6, 6.07) is 0.248. The van der Waals surface area contributed by atoms with Crippen molar-refractivity contribution >= 4 is 6.03 Å².